The van der Waals surface area contributed by atoms with Crippen molar-refractivity contribution < 1.29 is 4.74 Å². The van der Waals surface area contributed by atoms with E-state index < -0.39 is 0 Å². The SMILES string of the molecule is CCCNCC(C)(C)CCCC1CCCO1. The van der Waals surface area contributed by atoms with Crippen LogP contribution in [0.15, 0.2) is 0 Å². The summed E-state index contributed by atoms with van der Waals surface area (Å²) in [5.41, 5.74) is 0.438. The van der Waals surface area contributed by atoms with Gasteiger partial charge in [-0.3, -0.25) is 0 Å². The predicted molar refractivity (Wildman–Crippen MR) is 69.8 cm³/mol. The lowest BCUT2D eigenvalue weighted by Gasteiger charge is -2.25. The summed E-state index contributed by atoms with van der Waals surface area (Å²) in [6.07, 6.45) is 8.23. The summed E-state index contributed by atoms with van der Waals surface area (Å²) in [6.45, 7) is 10.2. The standard InChI is InChI=1S/C14H29NO/c1-4-10-15-12-14(2,3)9-5-7-13-8-6-11-16-13/h13,15H,4-12H2,1-3H3. The molecule has 1 rings (SSSR count). The van der Waals surface area contributed by atoms with Crippen LogP contribution in [-0.2, 0) is 4.74 Å². The average molecular weight is 227 g/mol. The van der Waals surface area contributed by atoms with Crippen LogP contribution in [0.2, 0.25) is 0 Å². The van der Waals surface area contributed by atoms with Crippen molar-refractivity contribution in [2.75, 3.05) is 19.7 Å². The van der Waals surface area contributed by atoms with Crippen molar-refractivity contribution in [3.63, 3.8) is 0 Å². The smallest absolute Gasteiger partial charge is 0.0576 e. The van der Waals surface area contributed by atoms with Gasteiger partial charge in [-0.25, -0.2) is 0 Å². The molecule has 0 radical (unpaired) electrons. The van der Waals surface area contributed by atoms with Crippen LogP contribution in [0.25, 0.3) is 0 Å². The summed E-state index contributed by atoms with van der Waals surface area (Å²) in [4.78, 5) is 0. The molecule has 1 unspecified atom stereocenters. The van der Waals surface area contributed by atoms with Gasteiger partial charge < -0.3 is 10.1 Å². The van der Waals surface area contributed by atoms with Gasteiger partial charge in [0.15, 0.2) is 0 Å². The first kappa shape index (κ1) is 14.0. The molecule has 0 aliphatic carbocycles. The topological polar surface area (TPSA) is 21.3 Å². The van der Waals surface area contributed by atoms with E-state index in [1.165, 1.54) is 38.5 Å². The van der Waals surface area contributed by atoms with Gasteiger partial charge in [0, 0.05) is 13.2 Å². The molecule has 96 valence electrons. The Morgan fingerprint density at radius 1 is 1.38 bits per heavy atom. The Labute approximate surface area is 101 Å². The zero-order valence-electron chi connectivity index (χ0n) is 11.3. The highest BCUT2D eigenvalue weighted by Crippen LogP contribution is 2.25. The lowest BCUT2D eigenvalue weighted by molar-refractivity contribution is 0.0986. The third-order valence-corrected chi connectivity index (χ3v) is 3.43. The Morgan fingerprint density at radius 3 is 2.81 bits per heavy atom. The van der Waals surface area contributed by atoms with Crippen molar-refractivity contribution in [1.29, 1.82) is 0 Å². The largest absolute Gasteiger partial charge is 0.378 e. The summed E-state index contributed by atoms with van der Waals surface area (Å²) in [5.74, 6) is 0. The van der Waals surface area contributed by atoms with Gasteiger partial charge in [-0.2, -0.15) is 0 Å². The number of rotatable bonds is 8. The predicted octanol–water partition coefficient (Wildman–Crippen LogP) is 3.36. The second kappa shape index (κ2) is 7.29. The van der Waals surface area contributed by atoms with Gasteiger partial charge in [-0.05, 0) is 44.1 Å². The molecule has 0 spiro atoms. The molecule has 0 bridgehead atoms. The molecule has 0 aromatic rings. The van der Waals surface area contributed by atoms with Crippen LogP contribution in [0.4, 0.5) is 0 Å². The summed E-state index contributed by atoms with van der Waals surface area (Å²) in [5, 5.41) is 3.52. The van der Waals surface area contributed by atoms with Crippen molar-refractivity contribution in [3.8, 4) is 0 Å². The first-order valence-electron chi connectivity index (χ1n) is 6.96. The van der Waals surface area contributed by atoms with Crippen LogP contribution in [0, 0.1) is 5.41 Å². The number of nitrogens with one attached hydrogen (secondary N) is 1. The van der Waals surface area contributed by atoms with Crippen LogP contribution in [0.5, 0.6) is 0 Å². The summed E-state index contributed by atoms with van der Waals surface area (Å²) in [7, 11) is 0. The molecular formula is C14H29NO. The van der Waals surface area contributed by atoms with E-state index in [4.69, 9.17) is 4.74 Å². The maximum atomic E-state index is 5.65. The number of hydrogen-bond donors (Lipinski definition) is 1. The lowest BCUT2D eigenvalue weighted by atomic mass is 9.86. The monoisotopic (exact) mass is 227 g/mol. The van der Waals surface area contributed by atoms with E-state index in [1.54, 1.807) is 0 Å². The van der Waals surface area contributed by atoms with E-state index in [9.17, 15) is 0 Å². The Morgan fingerprint density at radius 2 is 2.19 bits per heavy atom. The van der Waals surface area contributed by atoms with Crippen LogP contribution in [-0.4, -0.2) is 25.8 Å². The fourth-order valence-corrected chi connectivity index (χ4v) is 2.37. The molecule has 0 aromatic heterocycles. The zero-order chi connectivity index (χ0) is 11.9. The Kier molecular flexibility index (Phi) is 6.37. The first-order chi connectivity index (χ1) is 7.64. The fourth-order valence-electron chi connectivity index (χ4n) is 2.37. The quantitative estimate of drug-likeness (QED) is 0.642. The van der Waals surface area contributed by atoms with Crippen molar-refractivity contribution >= 4 is 0 Å². The average Bonchev–Trinajstić information content (AvgIpc) is 2.70. The van der Waals surface area contributed by atoms with Crippen LogP contribution < -0.4 is 5.32 Å². The van der Waals surface area contributed by atoms with Gasteiger partial charge in [0.1, 0.15) is 0 Å². The molecule has 1 saturated heterocycles. The normalized spacial score (nSPS) is 21.6. The second-order valence-electron chi connectivity index (χ2n) is 5.87. The molecule has 1 atom stereocenters. The molecular weight excluding hydrogens is 198 g/mol. The molecule has 1 heterocycles. The maximum absolute atomic E-state index is 5.65. The fraction of sp³-hybridized carbons (Fsp3) is 1.00. The molecule has 1 N–H and O–H groups in total. The van der Waals surface area contributed by atoms with Crippen LogP contribution in [0.1, 0.15) is 59.3 Å². The van der Waals surface area contributed by atoms with Gasteiger partial charge in [0.2, 0.25) is 0 Å². The van der Waals surface area contributed by atoms with Gasteiger partial charge in [0.25, 0.3) is 0 Å². The van der Waals surface area contributed by atoms with E-state index >= 15 is 0 Å². The first-order valence-corrected chi connectivity index (χ1v) is 6.96. The van der Waals surface area contributed by atoms with Gasteiger partial charge in [-0.15, -0.1) is 0 Å². The second-order valence-corrected chi connectivity index (χ2v) is 5.87. The highest BCUT2D eigenvalue weighted by molar-refractivity contribution is 4.73. The van der Waals surface area contributed by atoms with Crippen molar-refractivity contribution in [3.05, 3.63) is 0 Å². The molecule has 1 aliphatic rings. The van der Waals surface area contributed by atoms with E-state index in [2.05, 4.69) is 26.1 Å². The molecule has 0 saturated carbocycles. The molecule has 0 amide bonds. The van der Waals surface area contributed by atoms with E-state index in [1.807, 2.05) is 0 Å². The third-order valence-electron chi connectivity index (χ3n) is 3.43. The highest BCUT2D eigenvalue weighted by Gasteiger charge is 2.19. The van der Waals surface area contributed by atoms with Gasteiger partial charge in [0.05, 0.1) is 6.10 Å². The zero-order valence-corrected chi connectivity index (χ0v) is 11.3. The van der Waals surface area contributed by atoms with E-state index in [-0.39, 0.29) is 0 Å². The van der Waals surface area contributed by atoms with Crippen LogP contribution >= 0.6 is 0 Å². The molecule has 2 heteroatoms. The van der Waals surface area contributed by atoms with E-state index in [0.29, 0.717) is 11.5 Å². The number of hydrogen-bond acceptors (Lipinski definition) is 2. The summed E-state index contributed by atoms with van der Waals surface area (Å²) >= 11 is 0. The van der Waals surface area contributed by atoms with Crippen molar-refractivity contribution in [1.82, 2.24) is 5.32 Å². The molecule has 16 heavy (non-hydrogen) atoms. The Bertz CT molecular complexity index is 174. The Balaban J connectivity index is 2.04. The molecule has 1 aliphatic heterocycles. The minimum Gasteiger partial charge on any atom is -0.378 e. The Hall–Kier alpha value is -0.0800. The van der Waals surface area contributed by atoms with E-state index in [0.717, 1.165) is 19.7 Å². The number of ether oxygens (including phenoxy) is 1. The minimum atomic E-state index is 0.438. The third kappa shape index (κ3) is 5.86. The minimum absolute atomic E-state index is 0.438. The van der Waals surface area contributed by atoms with Gasteiger partial charge in [-0.1, -0.05) is 27.2 Å². The van der Waals surface area contributed by atoms with Crippen molar-refractivity contribution in [2.45, 2.75) is 65.4 Å². The highest BCUT2D eigenvalue weighted by atomic mass is 16.5. The summed E-state index contributed by atoms with van der Waals surface area (Å²) in [6, 6.07) is 0. The molecule has 2 nitrogen and oxygen atoms in total. The molecule has 1 fully saturated rings. The maximum Gasteiger partial charge on any atom is 0.0576 e. The summed E-state index contributed by atoms with van der Waals surface area (Å²) < 4.78 is 5.65. The van der Waals surface area contributed by atoms with Crippen LogP contribution in [0.3, 0.4) is 0 Å². The van der Waals surface area contributed by atoms with Crippen molar-refractivity contribution in [2.24, 2.45) is 5.41 Å². The van der Waals surface area contributed by atoms with Gasteiger partial charge >= 0.3 is 0 Å². The molecule has 0 aromatic carbocycles. The lowest BCUT2D eigenvalue weighted by Crippen LogP contribution is -2.30.